The number of fused-ring (bicyclic) bond motifs is 1. The molecule has 0 radical (unpaired) electrons. The molecule has 2 aliphatic heterocycles. The smallest absolute Gasteiger partial charge is 0.271 e. The molecule has 1 aromatic heterocycles. The van der Waals surface area contributed by atoms with Gasteiger partial charge in [-0.05, 0) is 25.8 Å². The van der Waals surface area contributed by atoms with Crippen molar-refractivity contribution in [2.45, 2.75) is 39.7 Å². The van der Waals surface area contributed by atoms with Crippen molar-refractivity contribution in [1.29, 1.82) is 0 Å². The Balaban J connectivity index is 1.70. The molecule has 0 unspecified atom stereocenters. The first-order valence-corrected chi connectivity index (χ1v) is 8.63. The van der Waals surface area contributed by atoms with Crippen molar-refractivity contribution in [3.8, 4) is 0 Å². The third-order valence-electron chi connectivity index (χ3n) is 5.08. The average Bonchev–Trinajstić information content (AvgIpc) is 2.82. The number of nitrogens with one attached hydrogen (secondary N) is 2. The third-order valence-corrected chi connectivity index (χ3v) is 5.08. The van der Waals surface area contributed by atoms with Crippen molar-refractivity contribution >= 4 is 5.91 Å². The van der Waals surface area contributed by atoms with Crippen molar-refractivity contribution in [3.63, 3.8) is 0 Å². The molecule has 0 saturated carbocycles. The highest BCUT2D eigenvalue weighted by molar-refractivity contribution is 5.93. The highest BCUT2D eigenvalue weighted by Gasteiger charge is 2.30. The second-order valence-electron chi connectivity index (χ2n) is 7.93. The number of H-pyrrole nitrogens is 1. The molecule has 0 aromatic carbocycles. The Kier molecular flexibility index (Phi) is 4.47. The number of imidazole rings is 1. The van der Waals surface area contributed by atoms with Crippen LogP contribution in [0.2, 0.25) is 0 Å². The average molecular weight is 319 g/mol. The molecule has 6 nitrogen and oxygen atoms in total. The van der Waals surface area contributed by atoms with Crippen LogP contribution in [0.15, 0.2) is 0 Å². The molecule has 128 valence electrons. The molecule has 1 aromatic rings. The topological polar surface area (TPSA) is 64.3 Å². The Bertz CT molecular complexity index is 572. The molecule has 1 amide bonds. The van der Waals surface area contributed by atoms with Crippen LogP contribution in [0.3, 0.4) is 0 Å². The molecule has 0 bridgehead atoms. The number of likely N-dealkylation sites (N-methyl/N-ethyl adjacent to an activating group) is 1. The first-order chi connectivity index (χ1) is 10.8. The lowest BCUT2D eigenvalue weighted by atomic mass is 9.88. The number of carbonyl (C=O) groups excluding carboxylic acids is 1. The summed E-state index contributed by atoms with van der Waals surface area (Å²) in [6, 6.07) is 0.439. The minimum atomic E-state index is -0.0414. The van der Waals surface area contributed by atoms with Crippen LogP contribution in [0.1, 0.15) is 42.8 Å². The van der Waals surface area contributed by atoms with Gasteiger partial charge in [0.05, 0.1) is 0 Å². The van der Waals surface area contributed by atoms with Gasteiger partial charge in [-0.3, -0.25) is 9.69 Å². The van der Waals surface area contributed by atoms with Crippen molar-refractivity contribution in [2.75, 3.05) is 39.8 Å². The first-order valence-electron chi connectivity index (χ1n) is 8.63. The van der Waals surface area contributed by atoms with Crippen LogP contribution < -0.4 is 5.32 Å². The fourth-order valence-electron chi connectivity index (χ4n) is 3.49. The zero-order chi connectivity index (χ0) is 16.6. The Morgan fingerprint density at radius 1 is 1.26 bits per heavy atom. The summed E-state index contributed by atoms with van der Waals surface area (Å²) in [5, 5.41) is 2.99. The van der Waals surface area contributed by atoms with Gasteiger partial charge in [-0.1, -0.05) is 13.8 Å². The maximum absolute atomic E-state index is 12.2. The van der Waals surface area contributed by atoms with Gasteiger partial charge in [0.15, 0.2) is 0 Å². The molecule has 2 aliphatic rings. The van der Waals surface area contributed by atoms with Crippen molar-refractivity contribution in [1.82, 2.24) is 25.1 Å². The van der Waals surface area contributed by atoms with Gasteiger partial charge in [0, 0.05) is 50.9 Å². The summed E-state index contributed by atoms with van der Waals surface area (Å²) < 4.78 is 0. The molecule has 1 atom stereocenters. The maximum Gasteiger partial charge on any atom is 0.271 e. The van der Waals surface area contributed by atoms with Crippen molar-refractivity contribution < 1.29 is 4.79 Å². The number of amides is 1. The molecule has 3 heterocycles. The number of piperazine rings is 1. The van der Waals surface area contributed by atoms with Crippen LogP contribution in [0.4, 0.5) is 0 Å². The van der Waals surface area contributed by atoms with Crippen LogP contribution in [0, 0.1) is 5.41 Å². The molecular weight excluding hydrogens is 290 g/mol. The van der Waals surface area contributed by atoms with Gasteiger partial charge in [0.1, 0.15) is 11.5 Å². The zero-order valence-corrected chi connectivity index (χ0v) is 14.8. The fraction of sp³-hybridized carbons (Fsp3) is 0.765. The molecule has 6 heteroatoms. The van der Waals surface area contributed by atoms with E-state index >= 15 is 0 Å². The molecular formula is C17H29N5O. The van der Waals surface area contributed by atoms with E-state index in [9.17, 15) is 4.79 Å². The summed E-state index contributed by atoms with van der Waals surface area (Å²) in [6.07, 6.45) is 1.72. The van der Waals surface area contributed by atoms with Crippen molar-refractivity contribution in [2.24, 2.45) is 5.41 Å². The van der Waals surface area contributed by atoms with E-state index < -0.39 is 0 Å². The summed E-state index contributed by atoms with van der Waals surface area (Å²) >= 11 is 0. The molecule has 3 rings (SSSR count). The number of aromatic amines is 1. The second-order valence-corrected chi connectivity index (χ2v) is 7.93. The maximum atomic E-state index is 12.2. The van der Waals surface area contributed by atoms with Crippen LogP contribution >= 0.6 is 0 Å². The van der Waals surface area contributed by atoms with Gasteiger partial charge in [0.25, 0.3) is 5.91 Å². The highest BCUT2D eigenvalue weighted by atomic mass is 16.1. The summed E-state index contributed by atoms with van der Waals surface area (Å²) in [5.41, 5.74) is 1.65. The predicted octanol–water partition coefficient (Wildman–Crippen LogP) is 0.900. The van der Waals surface area contributed by atoms with E-state index in [1.807, 2.05) is 0 Å². The predicted molar refractivity (Wildman–Crippen MR) is 90.6 cm³/mol. The number of hydrogen-bond acceptors (Lipinski definition) is 4. The van der Waals surface area contributed by atoms with Crippen LogP contribution in [0.25, 0.3) is 0 Å². The van der Waals surface area contributed by atoms with Crippen LogP contribution in [-0.4, -0.2) is 71.5 Å². The van der Waals surface area contributed by atoms with Gasteiger partial charge in [-0.2, -0.15) is 0 Å². The first kappa shape index (κ1) is 16.5. The van der Waals surface area contributed by atoms with Gasteiger partial charge in [-0.15, -0.1) is 0 Å². The standard InChI is InChI=1S/C17H29N5O/c1-12(22-7-5-21(4)6-8-22)9-14-19-13-10-17(2,3)11-18-16(23)15(13)20-14/h12H,5-11H2,1-4H3,(H,18,23)(H,19,20)/t12-/m1/s1. The van der Waals surface area contributed by atoms with Gasteiger partial charge in [-0.25, -0.2) is 4.98 Å². The van der Waals surface area contributed by atoms with Gasteiger partial charge < -0.3 is 15.2 Å². The fourth-order valence-corrected chi connectivity index (χ4v) is 3.49. The minimum Gasteiger partial charge on any atom is -0.350 e. The highest BCUT2D eigenvalue weighted by Crippen LogP contribution is 2.25. The van der Waals surface area contributed by atoms with E-state index in [1.54, 1.807) is 0 Å². The molecule has 23 heavy (non-hydrogen) atoms. The molecule has 1 fully saturated rings. The Labute approximate surface area is 138 Å². The normalized spacial score (nSPS) is 23.9. The molecule has 1 saturated heterocycles. The van der Waals surface area contributed by atoms with E-state index in [0.717, 1.165) is 50.5 Å². The monoisotopic (exact) mass is 319 g/mol. The number of hydrogen-bond donors (Lipinski definition) is 2. The number of aromatic nitrogens is 2. The summed E-state index contributed by atoms with van der Waals surface area (Å²) in [7, 11) is 2.17. The second kappa shape index (κ2) is 6.24. The number of nitrogens with zero attached hydrogens (tertiary/aromatic N) is 3. The SMILES string of the molecule is C[C@H](Cc1nc2c([nH]1)CC(C)(C)CNC2=O)N1CCN(C)CC1. The largest absolute Gasteiger partial charge is 0.350 e. The van der Waals surface area contributed by atoms with Crippen LogP contribution in [0.5, 0.6) is 0 Å². The van der Waals surface area contributed by atoms with E-state index in [0.29, 0.717) is 18.3 Å². The molecule has 2 N–H and O–H groups in total. The summed E-state index contributed by atoms with van der Waals surface area (Å²) in [6.45, 7) is 11.8. The van der Waals surface area contributed by atoms with E-state index in [2.05, 4.69) is 52.9 Å². The van der Waals surface area contributed by atoms with Crippen LogP contribution in [-0.2, 0) is 12.8 Å². The van der Waals surface area contributed by atoms with E-state index in [4.69, 9.17) is 0 Å². The van der Waals surface area contributed by atoms with Crippen molar-refractivity contribution in [3.05, 3.63) is 17.2 Å². The Hall–Kier alpha value is -1.40. The number of carbonyl (C=O) groups is 1. The van der Waals surface area contributed by atoms with Gasteiger partial charge >= 0.3 is 0 Å². The van der Waals surface area contributed by atoms with E-state index in [1.165, 1.54) is 0 Å². The zero-order valence-electron chi connectivity index (χ0n) is 14.8. The quantitative estimate of drug-likeness (QED) is 0.869. The molecule has 0 aliphatic carbocycles. The number of rotatable bonds is 3. The third kappa shape index (κ3) is 3.75. The lowest BCUT2D eigenvalue weighted by molar-refractivity contribution is 0.0940. The lowest BCUT2D eigenvalue weighted by Gasteiger charge is -2.36. The minimum absolute atomic E-state index is 0.0414. The molecule has 0 spiro atoms. The Morgan fingerprint density at radius 3 is 2.65 bits per heavy atom. The Morgan fingerprint density at radius 2 is 1.96 bits per heavy atom. The van der Waals surface area contributed by atoms with E-state index in [-0.39, 0.29) is 11.3 Å². The van der Waals surface area contributed by atoms with Gasteiger partial charge in [0.2, 0.25) is 0 Å². The summed E-state index contributed by atoms with van der Waals surface area (Å²) in [4.78, 5) is 25.1. The lowest BCUT2D eigenvalue weighted by Crippen LogP contribution is -2.48. The summed E-state index contributed by atoms with van der Waals surface area (Å²) in [5.74, 6) is 0.898.